The van der Waals surface area contributed by atoms with Gasteiger partial charge in [-0.2, -0.15) is 0 Å². The number of aryl methyl sites for hydroxylation is 1. The standard InChI is InChI=1S/C14H19N3O2/c1-17-8-7-16-14(17)5-6-15-10-11-9-12(19-2)3-4-13(11)18/h3-4,7-9,15,18H,5-6,10H2,1-2H3. The van der Waals surface area contributed by atoms with Crippen LogP contribution in [-0.4, -0.2) is 28.3 Å². The van der Waals surface area contributed by atoms with Crippen molar-refractivity contribution in [2.24, 2.45) is 7.05 Å². The molecule has 0 aliphatic carbocycles. The molecule has 0 amide bonds. The summed E-state index contributed by atoms with van der Waals surface area (Å²) in [6, 6.07) is 5.23. The third-order valence-corrected chi connectivity index (χ3v) is 3.05. The van der Waals surface area contributed by atoms with Gasteiger partial charge in [-0.15, -0.1) is 0 Å². The molecular weight excluding hydrogens is 242 g/mol. The number of phenolic OH excluding ortho intramolecular Hbond substituents is 1. The topological polar surface area (TPSA) is 59.3 Å². The molecule has 0 saturated carbocycles. The third kappa shape index (κ3) is 3.48. The fraction of sp³-hybridized carbons (Fsp3) is 0.357. The molecule has 0 bridgehead atoms. The van der Waals surface area contributed by atoms with Gasteiger partial charge in [-0.1, -0.05) is 0 Å². The second-order valence-electron chi connectivity index (χ2n) is 4.38. The SMILES string of the molecule is COc1ccc(O)c(CNCCc2nccn2C)c1. The van der Waals surface area contributed by atoms with Crippen molar-refractivity contribution < 1.29 is 9.84 Å². The summed E-state index contributed by atoms with van der Waals surface area (Å²) in [4.78, 5) is 4.26. The van der Waals surface area contributed by atoms with Gasteiger partial charge in [-0.25, -0.2) is 4.98 Å². The van der Waals surface area contributed by atoms with Gasteiger partial charge in [0.2, 0.25) is 0 Å². The average molecular weight is 261 g/mol. The lowest BCUT2D eigenvalue weighted by atomic mass is 10.2. The van der Waals surface area contributed by atoms with Crippen LogP contribution in [0.4, 0.5) is 0 Å². The summed E-state index contributed by atoms with van der Waals surface area (Å²) in [7, 11) is 3.60. The Balaban J connectivity index is 1.84. The lowest BCUT2D eigenvalue weighted by molar-refractivity contribution is 0.410. The first-order chi connectivity index (χ1) is 9.20. The summed E-state index contributed by atoms with van der Waals surface area (Å²) in [6.07, 6.45) is 4.58. The minimum atomic E-state index is 0.283. The molecule has 0 saturated heterocycles. The zero-order valence-corrected chi connectivity index (χ0v) is 11.3. The first-order valence-corrected chi connectivity index (χ1v) is 6.23. The summed E-state index contributed by atoms with van der Waals surface area (Å²) in [5, 5.41) is 13.0. The van der Waals surface area contributed by atoms with Crippen LogP contribution in [0.1, 0.15) is 11.4 Å². The molecule has 2 N–H and O–H groups in total. The highest BCUT2D eigenvalue weighted by atomic mass is 16.5. The van der Waals surface area contributed by atoms with Crippen molar-refractivity contribution in [2.75, 3.05) is 13.7 Å². The lowest BCUT2D eigenvalue weighted by Crippen LogP contribution is -2.18. The van der Waals surface area contributed by atoms with E-state index in [1.165, 1.54) is 0 Å². The molecule has 1 heterocycles. The van der Waals surface area contributed by atoms with Crippen LogP contribution in [0.15, 0.2) is 30.6 Å². The highest BCUT2D eigenvalue weighted by Crippen LogP contribution is 2.22. The molecule has 0 aliphatic rings. The quantitative estimate of drug-likeness (QED) is 0.773. The van der Waals surface area contributed by atoms with E-state index in [2.05, 4.69) is 10.3 Å². The van der Waals surface area contributed by atoms with Crippen molar-refractivity contribution in [3.63, 3.8) is 0 Å². The molecule has 5 heteroatoms. The van der Waals surface area contributed by atoms with Crippen LogP contribution < -0.4 is 10.1 Å². The second-order valence-corrected chi connectivity index (χ2v) is 4.38. The molecule has 2 rings (SSSR count). The molecule has 0 aliphatic heterocycles. The Kier molecular flexibility index (Phi) is 4.41. The zero-order valence-electron chi connectivity index (χ0n) is 11.3. The van der Waals surface area contributed by atoms with Crippen molar-refractivity contribution in [1.29, 1.82) is 0 Å². The van der Waals surface area contributed by atoms with Gasteiger partial charge < -0.3 is 19.7 Å². The van der Waals surface area contributed by atoms with Crippen molar-refractivity contribution in [2.45, 2.75) is 13.0 Å². The Bertz CT molecular complexity index is 537. The van der Waals surface area contributed by atoms with Crippen molar-refractivity contribution in [1.82, 2.24) is 14.9 Å². The Morgan fingerprint density at radius 2 is 2.26 bits per heavy atom. The fourth-order valence-corrected chi connectivity index (χ4v) is 1.89. The normalized spacial score (nSPS) is 10.6. The van der Waals surface area contributed by atoms with E-state index in [-0.39, 0.29) is 5.75 Å². The number of hydrogen-bond acceptors (Lipinski definition) is 4. The van der Waals surface area contributed by atoms with E-state index >= 15 is 0 Å². The van der Waals surface area contributed by atoms with Gasteiger partial charge in [0.25, 0.3) is 0 Å². The van der Waals surface area contributed by atoms with Crippen molar-refractivity contribution in [3.8, 4) is 11.5 Å². The maximum Gasteiger partial charge on any atom is 0.120 e. The van der Waals surface area contributed by atoms with Crippen LogP contribution in [-0.2, 0) is 20.0 Å². The van der Waals surface area contributed by atoms with Crippen LogP contribution in [0.2, 0.25) is 0 Å². The number of hydrogen-bond donors (Lipinski definition) is 2. The van der Waals surface area contributed by atoms with E-state index in [1.807, 2.05) is 23.9 Å². The van der Waals surface area contributed by atoms with Crippen LogP contribution in [0, 0.1) is 0 Å². The van der Waals surface area contributed by atoms with Crippen LogP contribution in [0.3, 0.4) is 0 Å². The third-order valence-electron chi connectivity index (χ3n) is 3.05. The maximum absolute atomic E-state index is 9.75. The smallest absolute Gasteiger partial charge is 0.120 e. The molecule has 1 aromatic heterocycles. The van der Waals surface area contributed by atoms with E-state index < -0.39 is 0 Å². The minimum absolute atomic E-state index is 0.283. The molecule has 0 fully saturated rings. The Hall–Kier alpha value is -2.01. The Labute approximate surface area is 112 Å². The first kappa shape index (κ1) is 13.4. The summed E-state index contributed by atoms with van der Waals surface area (Å²) in [6.45, 7) is 1.41. The fourth-order valence-electron chi connectivity index (χ4n) is 1.89. The minimum Gasteiger partial charge on any atom is -0.508 e. The number of nitrogens with one attached hydrogen (secondary N) is 1. The first-order valence-electron chi connectivity index (χ1n) is 6.23. The van der Waals surface area contributed by atoms with E-state index in [0.717, 1.165) is 30.1 Å². The van der Waals surface area contributed by atoms with Crippen LogP contribution in [0.25, 0.3) is 0 Å². The Morgan fingerprint density at radius 3 is 2.95 bits per heavy atom. The van der Waals surface area contributed by atoms with Gasteiger partial charge in [0.1, 0.15) is 17.3 Å². The summed E-state index contributed by atoms with van der Waals surface area (Å²) in [5.74, 6) is 2.08. The molecule has 19 heavy (non-hydrogen) atoms. The summed E-state index contributed by atoms with van der Waals surface area (Å²) < 4.78 is 7.14. The van der Waals surface area contributed by atoms with Gasteiger partial charge in [0.05, 0.1) is 7.11 Å². The number of aromatic nitrogens is 2. The van der Waals surface area contributed by atoms with Crippen molar-refractivity contribution in [3.05, 3.63) is 42.0 Å². The van der Waals surface area contributed by atoms with E-state index in [1.54, 1.807) is 25.4 Å². The highest BCUT2D eigenvalue weighted by Gasteiger charge is 2.03. The molecule has 2 aromatic rings. The predicted octanol–water partition coefficient (Wildman–Crippen LogP) is 1.47. The zero-order chi connectivity index (χ0) is 13.7. The van der Waals surface area contributed by atoms with E-state index in [0.29, 0.717) is 6.54 Å². The number of aromatic hydroxyl groups is 1. The number of methoxy groups -OCH3 is 1. The van der Waals surface area contributed by atoms with Gasteiger partial charge >= 0.3 is 0 Å². The second kappa shape index (κ2) is 6.24. The average Bonchev–Trinajstić information content (AvgIpc) is 2.82. The molecule has 0 spiro atoms. The predicted molar refractivity (Wildman–Crippen MR) is 73.3 cm³/mol. The number of imidazole rings is 1. The molecule has 5 nitrogen and oxygen atoms in total. The number of rotatable bonds is 6. The number of nitrogens with zero attached hydrogens (tertiary/aromatic N) is 2. The number of benzene rings is 1. The van der Waals surface area contributed by atoms with Gasteiger partial charge in [-0.3, -0.25) is 0 Å². The Morgan fingerprint density at radius 1 is 1.42 bits per heavy atom. The van der Waals surface area contributed by atoms with Gasteiger partial charge in [0.15, 0.2) is 0 Å². The maximum atomic E-state index is 9.75. The molecule has 1 aromatic carbocycles. The highest BCUT2D eigenvalue weighted by molar-refractivity contribution is 5.39. The number of ether oxygens (including phenoxy) is 1. The van der Waals surface area contributed by atoms with Crippen LogP contribution in [0.5, 0.6) is 11.5 Å². The molecule has 0 atom stereocenters. The molecule has 0 radical (unpaired) electrons. The largest absolute Gasteiger partial charge is 0.508 e. The van der Waals surface area contributed by atoms with E-state index in [9.17, 15) is 5.11 Å². The van der Waals surface area contributed by atoms with Crippen molar-refractivity contribution >= 4 is 0 Å². The van der Waals surface area contributed by atoms with Gasteiger partial charge in [-0.05, 0) is 18.2 Å². The molecule has 102 valence electrons. The lowest BCUT2D eigenvalue weighted by Gasteiger charge is -2.08. The number of phenols is 1. The van der Waals surface area contributed by atoms with E-state index in [4.69, 9.17) is 4.74 Å². The monoisotopic (exact) mass is 261 g/mol. The molecular formula is C14H19N3O2. The summed E-state index contributed by atoms with van der Waals surface area (Å²) >= 11 is 0. The van der Waals surface area contributed by atoms with Crippen LogP contribution >= 0.6 is 0 Å². The summed E-state index contributed by atoms with van der Waals surface area (Å²) in [5.41, 5.74) is 0.833. The van der Waals surface area contributed by atoms with Gasteiger partial charge in [0, 0.05) is 44.5 Å². The molecule has 0 unspecified atom stereocenters.